The zero-order valence-corrected chi connectivity index (χ0v) is 41.8. The van der Waals surface area contributed by atoms with E-state index in [0.29, 0.717) is 24.0 Å². The van der Waals surface area contributed by atoms with Gasteiger partial charge >= 0.3 is 12.0 Å². The zero-order chi connectivity index (χ0) is 53.9. The number of urea groups is 1. The van der Waals surface area contributed by atoms with E-state index in [1.165, 1.54) is 29.2 Å². The van der Waals surface area contributed by atoms with Crippen LogP contribution in [0.4, 0.5) is 4.79 Å². The largest absolute Gasteiger partial charge is 0.508 e. The minimum atomic E-state index is -1.55. The van der Waals surface area contributed by atoms with E-state index in [1.807, 2.05) is 0 Å². The number of aromatic hydroxyl groups is 1. The summed E-state index contributed by atoms with van der Waals surface area (Å²) in [6, 6.07) is 2.98. The molecule has 2 aromatic rings. The van der Waals surface area contributed by atoms with Crippen molar-refractivity contribution in [3.05, 3.63) is 65.7 Å². The number of carbonyl (C=O) groups is 10. The Morgan fingerprint density at radius 3 is 1.93 bits per heavy atom. The third kappa shape index (κ3) is 17.6. The van der Waals surface area contributed by atoms with Crippen molar-refractivity contribution in [3.8, 4) is 5.75 Å². The molecule has 0 aliphatic carbocycles. The summed E-state index contributed by atoms with van der Waals surface area (Å²) in [5.41, 5.74) is 17.5. The number of carbonyl (C=O) groups excluding carboxylic acids is 9. The van der Waals surface area contributed by atoms with Crippen LogP contribution in [-0.2, 0) is 56.0 Å². The molecule has 2 fully saturated rings. The predicted octanol–water partition coefficient (Wildman–Crippen LogP) is -2.34. The summed E-state index contributed by atoms with van der Waals surface area (Å²) < 4.78 is 0. The quantitative estimate of drug-likeness (QED) is 0.0330. The molecule has 0 spiro atoms. The number of amides is 10. The summed E-state index contributed by atoms with van der Waals surface area (Å²) >= 11 is 4.03. The van der Waals surface area contributed by atoms with Gasteiger partial charge < -0.3 is 74.2 Å². The van der Waals surface area contributed by atoms with Crippen molar-refractivity contribution in [1.29, 1.82) is 0 Å². The maximum atomic E-state index is 14.8. The van der Waals surface area contributed by atoms with Crippen molar-refractivity contribution in [2.24, 2.45) is 23.1 Å². The first-order valence-electron chi connectivity index (χ1n) is 24.2. The molecule has 4 rings (SSSR count). The van der Waals surface area contributed by atoms with Gasteiger partial charge in [0.1, 0.15) is 48.0 Å². The SMILES string of the molecule is CC[C@H](C)[C@H](NC(=O)[C@@H]1C[C@@H](O)CN1C(=O)[C@@H]1CCCN1C(=O)[C@H](Cc1ccccc1)NC(=O)[C@H](Cc1ccc(O)cc1)NC(=O)[C@H](CCC(N)=O)NC(=O)[C@H](CCCNC(N)=O)NC(=O)[C@@H](N)CS)C(=O)O. The first-order chi connectivity index (χ1) is 34.6. The second-order valence-electron chi connectivity index (χ2n) is 18.3. The van der Waals surface area contributed by atoms with Gasteiger partial charge in [0.15, 0.2) is 0 Å². The number of benzene rings is 2. The number of hydrogen-bond donors (Lipinski definition) is 13. The molecule has 2 saturated heterocycles. The van der Waals surface area contributed by atoms with Gasteiger partial charge in [0.2, 0.25) is 47.3 Å². The van der Waals surface area contributed by atoms with Crippen LogP contribution in [0.25, 0.3) is 0 Å². The average molecular weight is 1040 g/mol. The normalized spacial score (nSPS) is 19.2. The number of primary amides is 2. The van der Waals surface area contributed by atoms with Crippen molar-refractivity contribution in [3.63, 3.8) is 0 Å². The number of hydrogen-bond acceptors (Lipinski definition) is 14. The Morgan fingerprint density at radius 1 is 0.753 bits per heavy atom. The molecule has 0 aromatic heterocycles. The highest BCUT2D eigenvalue weighted by atomic mass is 32.1. The molecule has 73 heavy (non-hydrogen) atoms. The highest BCUT2D eigenvalue weighted by Crippen LogP contribution is 2.27. The van der Waals surface area contributed by atoms with Crippen LogP contribution < -0.4 is 49.1 Å². The van der Waals surface area contributed by atoms with Gasteiger partial charge in [-0.1, -0.05) is 62.7 Å². The van der Waals surface area contributed by atoms with Crippen molar-refractivity contribution in [2.45, 2.75) is 132 Å². The van der Waals surface area contributed by atoms with Gasteiger partial charge in [-0.05, 0) is 61.3 Å². The van der Waals surface area contributed by atoms with Crippen LogP contribution in [0, 0.1) is 5.92 Å². The van der Waals surface area contributed by atoms with Gasteiger partial charge in [0.25, 0.3) is 0 Å². The van der Waals surface area contributed by atoms with Crippen LogP contribution in [0.5, 0.6) is 5.75 Å². The van der Waals surface area contributed by atoms with Crippen LogP contribution >= 0.6 is 12.6 Å². The summed E-state index contributed by atoms with van der Waals surface area (Å²) in [7, 11) is 0. The van der Waals surface area contributed by atoms with E-state index in [-0.39, 0.29) is 76.1 Å². The lowest BCUT2D eigenvalue weighted by Gasteiger charge is -2.34. The van der Waals surface area contributed by atoms with Gasteiger partial charge in [-0.25, -0.2) is 9.59 Å². The predicted molar refractivity (Wildman–Crippen MR) is 267 cm³/mol. The Labute approximate surface area is 428 Å². The molecule has 2 aromatic carbocycles. The number of carboxylic acids is 1. The smallest absolute Gasteiger partial charge is 0.326 e. The van der Waals surface area contributed by atoms with E-state index in [2.05, 4.69) is 44.5 Å². The molecule has 10 atom stereocenters. The number of carboxylic acid groups (broad SMARTS) is 1. The van der Waals surface area contributed by atoms with E-state index >= 15 is 0 Å². The molecule has 15 N–H and O–H groups in total. The third-order valence-electron chi connectivity index (χ3n) is 12.8. The third-order valence-corrected chi connectivity index (χ3v) is 13.2. The number of nitrogens with zero attached hydrogens (tertiary/aromatic N) is 2. The Balaban J connectivity index is 1.65. The van der Waals surface area contributed by atoms with Crippen LogP contribution in [0.2, 0.25) is 0 Å². The van der Waals surface area contributed by atoms with Crippen molar-refractivity contribution >= 4 is 71.9 Å². The molecule has 2 aliphatic rings. The summed E-state index contributed by atoms with van der Waals surface area (Å²) in [6.45, 7) is 3.26. The van der Waals surface area contributed by atoms with E-state index in [4.69, 9.17) is 17.2 Å². The molecule has 25 heteroatoms. The molecule has 0 saturated carbocycles. The van der Waals surface area contributed by atoms with E-state index in [9.17, 15) is 63.3 Å². The zero-order valence-electron chi connectivity index (χ0n) is 40.9. The second-order valence-corrected chi connectivity index (χ2v) is 18.7. The Kier molecular flexibility index (Phi) is 22.7. The summed E-state index contributed by atoms with van der Waals surface area (Å²) in [6.07, 6.45) is -1.40. The molecule has 2 aliphatic heterocycles. The van der Waals surface area contributed by atoms with Gasteiger partial charge in [-0.2, -0.15) is 12.6 Å². The molecule has 0 unspecified atom stereocenters. The summed E-state index contributed by atoms with van der Waals surface area (Å²) in [4.78, 5) is 136. The molecular formula is C48H69N11O13S. The Bertz CT molecular complexity index is 2280. The van der Waals surface area contributed by atoms with Crippen molar-refractivity contribution in [1.82, 2.24) is 41.7 Å². The van der Waals surface area contributed by atoms with Crippen LogP contribution in [-0.4, -0.2) is 164 Å². The lowest BCUT2D eigenvalue weighted by atomic mass is 9.98. The van der Waals surface area contributed by atoms with E-state index in [0.717, 1.165) is 4.90 Å². The molecule has 24 nitrogen and oxygen atoms in total. The molecule has 0 radical (unpaired) electrons. The Morgan fingerprint density at radius 2 is 1.33 bits per heavy atom. The fourth-order valence-corrected chi connectivity index (χ4v) is 8.73. The number of phenols is 1. The number of phenolic OH excluding ortho intramolecular Hbond substituents is 1. The number of aliphatic carboxylic acids is 1. The maximum Gasteiger partial charge on any atom is 0.326 e. The maximum absolute atomic E-state index is 14.8. The van der Waals surface area contributed by atoms with Crippen LogP contribution in [0.1, 0.15) is 76.3 Å². The first kappa shape index (κ1) is 58.6. The summed E-state index contributed by atoms with van der Waals surface area (Å²) in [5, 5.41) is 45.9. The number of likely N-dealkylation sites (tertiary alicyclic amines) is 2. The van der Waals surface area contributed by atoms with Gasteiger partial charge in [-0.3, -0.25) is 38.4 Å². The topological polar surface area (TPSA) is 388 Å². The number of rotatable bonds is 27. The van der Waals surface area contributed by atoms with Gasteiger partial charge in [-0.15, -0.1) is 0 Å². The summed E-state index contributed by atoms with van der Waals surface area (Å²) in [5.74, 6) is -8.33. The molecule has 10 amide bonds. The highest BCUT2D eigenvalue weighted by molar-refractivity contribution is 7.80. The second kappa shape index (κ2) is 28.3. The number of thiol groups is 1. The first-order valence-corrected chi connectivity index (χ1v) is 24.8. The average Bonchev–Trinajstić information content (AvgIpc) is 4.02. The number of nitrogens with one attached hydrogen (secondary N) is 6. The molecular weight excluding hydrogens is 971 g/mol. The number of nitrogens with two attached hydrogens (primary N) is 3. The fourth-order valence-electron chi connectivity index (χ4n) is 8.56. The minimum Gasteiger partial charge on any atom is -0.508 e. The van der Waals surface area contributed by atoms with Crippen molar-refractivity contribution < 1.29 is 63.3 Å². The number of β-amino-alcohol motifs (C(OH)–C–C–N with tert-alkyl or cyclic N) is 1. The number of aliphatic hydroxyl groups excluding tert-OH is 1. The van der Waals surface area contributed by atoms with Gasteiger partial charge in [0, 0.05) is 51.1 Å². The molecule has 2 heterocycles. The fraction of sp³-hybridized carbons (Fsp3) is 0.542. The van der Waals surface area contributed by atoms with Crippen molar-refractivity contribution in [2.75, 3.05) is 25.4 Å². The van der Waals surface area contributed by atoms with E-state index in [1.54, 1.807) is 44.2 Å². The molecule has 0 bridgehead atoms. The monoisotopic (exact) mass is 1040 g/mol. The molecule has 400 valence electrons. The van der Waals surface area contributed by atoms with E-state index < -0.39 is 126 Å². The minimum absolute atomic E-state index is 0.0205. The Hall–Kier alpha value is -6.99. The standard InChI is InChI=1S/C48H69N11O13S/c1-3-26(2)39(47(70)71)57-44(67)37-23-30(61)24-59(37)46(69)36-12-8-20-58(36)45(68)35(22-27-9-5-4-6-10-27)56-43(66)34(21-28-13-15-29(60)16-14-28)55-42(65)33(17-18-38(50)62)54-41(64)32(11-7-19-52-48(51)72)53-40(63)31(49)25-73/h4-6,9-10,13-16,26,30-37,39,60-61,73H,3,7-8,11-12,17-25,49H2,1-2H3,(H2,50,62)(H,53,63)(H,54,64)(H,55,65)(H,56,66)(H,57,67)(H,70,71)(H3,51,52,72)/t26-,30+,31-,32-,33-,34-,35-,36-,37-,39-/m0/s1. The van der Waals surface area contributed by atoms with Gasteiger partial charge in [0.05, 0.1) is 12.1 Å². The number of aliphatic hydroxyl groups is 1. The van der Waals surface area contributed by atoms with Crippen LogP contribution in [0.3, 0.4) is 0 Å². The highest BCUT2D eigenvalue weighted by Gasteiger charge is 2.46. The lowest BCUT2D eigenvalue weighted by molar-refractivity contribution is -0.149. The van der Waals surface area contributed by atoms with Crippen LogP contribution in [0.15, 0.2) is 54.6 Å². The lowest BCUT2D eigenvalue weighted by Crippen LogP contribution is -2.60.